The topological polar surface area (TPSA) is 44.8 Å². The number of amides is 1. The highest BCUT2D eigenvalue weighted by Crippen LogP contribution is 2.31. The number of hydrogen-bond acceptors (Lipinski definition) is 4. The third kappa shape index (κ3) is 4.69. The van der Waals surface area contributed by atoms with Crippen molar-refractivity contribution in [3.63, 3.8) is 0 Å². The zero-order valence-corrected chi connectivity index (χ0v) is 16.4. The highest BCUT2D eigenvalue weighted by Gasteiger charge is 2.34. The Morgan fingerprint density at radius 3 is 2.68 bits per heavy atom. The van der Waals surface area contributed by atoms with Gasteiger partial charge in [0.2, 0.25) is 5.91 Å². The van der Waals surface area contributed by atoms with Crippen molar-refractivity contribution >= 4 is 5.91 Å². The minimum atomic E-state index is 0.175. The number of hydrogen-bond donors (Lipinski definition) is 1. The molecule has 5 nitrogen and oxygen atoms in total. The lowest BCUT2D eigenvalue weighted by molar-refractivity contribution is -0.140. The second-order valence-electron chi connectivity index (χ2n) is 9.18. The molecule has 25 heavy (non-hydrogen) atoms. The van der Waals surface area contributed by atoms with E-state index in [-0.39, 0.29) is 5.92 Å². The van der Waals surface area contributed by atoms with Gasteiger partial charge in [0.15, 0.2) is 0 Å². The monoisotopic (exact) mass is 349 g/mol. The van der Waals surface area contributed by atoms with Crippen LogP contribution < -0.4 is 5.32 Å². The Balaban J connectivity index is 1.58. The summed E-state index contributed by atoms with van der Waals surface area (Å²) in [4.78, 5) is 17.3. The van der Waals surface area contributed by atoms with E-state index in [9.17, 15) is 4.79 Å². The Bertz CT molecular complexity index is 506. The van der Waals surface area contributed by atoms with E-state index in [0.717, 1.165) is 52.0 Å². The van der Waals surface area contributed by atoms with E-state index in [1.54, 1.807) is 0 Å². The smallest absolute Gasteiger partial charge is 0.225 e. The highest BCUT2D eigenvalue weighted by atomic mass is 16.5. The van der Waals surface area contributed by atoms with Crippen LogP contribution in [0.2, 0.25) is 0 Å². The zero-order valence-electron chi connectivity index (χ0n) is 16.4. The molecule has 5 heteroatoms. The normalized spacial score (nSPS) is 28.7. The van der Waals surface area contributed by atoms with Crippen LogP contribution in [-0.2, 0) is 9.53 Å². The molecule has 0 aromatic rings. The molecule has 1 amide bonds. The third-order valence-electron chi connectivity index (χ3n) is 5.72. The molecule has 0 radical (unpaired) electrons. The van der Waals surface area contributed by atoms with Gasteiger partial charge in [-0.05, 0) is 37.5 Å². The van der Waals surface area contributed by atoms with Crippen LogP contribution in [0.1, 0.15) is 52.9 Å². The van der Waals surface area contributed by atoms with E-state index in [2.05, 4.69) is 49.1 Å². The Morgan fingerprint density at radius 2 is 2.00 bits per heavy atom. The number of likely N-dealkylation sites (tertiary alicyclic amines) is 1. The highest BCUT2D eigenvalue weighted by molar-refractivity contribution is 5.79. The van der Waals surface area contributed by atoms with E-state index in [1.807, 2.05) is 0 Å². The summed E-state index contributed by atoms with van der Waals surface area (Å²) in [6.07, 6.45) is 7.80. The van der Waals surface area contributed by atoms with Gasteiger partial charge in [-0.1, -0.05) is 20.8 Å². The second kappa shape index (κ2) is 7.56. The van der Waals surface area contributed by atoms with Crippen molar-refractivity contribution in [2.45, 2.75) is 59.0 Å². The predicted molar refractivity (Wildman–Crippen MR) is 99.7 cm³/mol. The fraction of sp³-hybridized carbons (Fsp3) is 0.850. The van der Waals surface area contributed by atoms with E-state index in [4.69, 9.17) is 4.74 Å². The van der Waals surface area contributed by atoms with Gasteiger partial charge in [-0.2, -0.15) is 0 Å². The van der Waals surface area contributed by atoms with Crippen LogP contribution in [0.25, 0.3) is 0 Å². The van der Waals surface area contributed by atoms with Crippen LogP contribution in [0.4, 0.5) is 0 Å². The van der Waals surface area contributed by atoms with Crippen LogP contribution in [-0.4, -0.2) is 55.2 Å². The maximum atomic E-state index is 12.8. The minimum absolute atomic E-state index is 0.175. The molecule has 0 spiro atoms. The number of nitrogens with one attached hydrogen (secondary N) is 1. The average Bonchev–Trinajstić information content (AvgIpc) is 2.94. The molecule has 0 saturated carbocycles. The van der Waals surface area contributed by atoms with Crippen LogP contribution in [0.5, 0.6) is 0 Å². The van der Waals surface area contributed by atoms with Gasteiger partial charge >= 0.3 is 0 Å². The zero-order chi connectivity index (χ0) is 18.0. The van der Waals surface area contributed by atoms with Gasteiger partial charge < -0.3 is 19.9 Å². The van der Waals surface area contributed by atoms with Gasteiger partial charge in [0, 0.05) is 57.1 Å². The Hall–Kier alpha value is -1.23. The molecule has 1 N–H and O–H groups in total. The largest absolute Gasteiger partial charge is 0.381 e. The Labute approximate surface area is 152 Å². The summed E-state index contributed by atoms with van der Waals surface area (Å²) in [5.41, 5.74) is 1.62. The standard InChI is InChI=1S/C20H35N3O2/c1-20(2,3)12-18-21-17(14-22(18)4)16-6-5-9-23(13-16)19(24)15-7-10-25-11-8-15/h14-16,18,21H,5-13H2,1-4H3. The summed E-state index contributed by atoms with van der Waals surface area (Å²) < 4.78 is 5.41. The fourth-order valence-electron chi connectivity index (χ4n) is 4.27. The van der Waals surface area contributed by atoms with E-state index in [0.29, 0.717) is 23.4 Å². The first-order valence-electron chi connectivity index (χ1n) is 9.90. The first-order valence-corrected chi connectivity index (χ1v) is 9.90. The fourth-order valence-corrected chi connectivity index (χ4v) is 4.27. The van der Waals surface area contributed by atoms with Crippen molar-refractivity contribution in [1.29, 1.82) is 0 Å². The molecule has 2 saturated heterocycles. The molecule has 0 aromatic carbocycles. The average molecular weight is 350 g/mol. The summed E-state index contributed by atoms with van der Waals surface area (Å²) in [5, 5.41) is 3.74. The van der Waals surface area contributed by atoms with E-state index in [1.165, 1.54) is 12.1 Å². The minimum Gasteiger partial charge on any atom is -0.381 e. The molecule has 3 aliphatic heterocycles. The molecular weight excluding hydrogens is 314 g/mol. The lowest BCUT2D eigenvalue weighted by atomic mass is 9.90. The molecule has 2 fully saturated rings. The summed E-state index contributed by atoms with van der Waals surface area (Å²) in [7, 11) is 2.16. The number of piperidine rings is 1. The molecular formula is C20H35N3O2. The van der Waals surface area contributed by atoms with Crippen LogP contribution >= 0.6 is 0 Å². The molecule has 2 atom stereocenters. The van der Waals surface area contributed by atoms with Gasteiger partial charge in [0.1, 0.15) is 0 Å². The first kappa shape index (κ1) is 18.6. The summed E-state index contributed by atoms with van der Waals surface area (Å²) in [6, 6.07) is 0. The number of rotatable bonds is 3. The van der Waals surface area contributed by atoms with Crippen molar-refractivity contribution in [1.82, 2.24) is 15.1 Å². The molecule has 3 heterocycles. The molecule has 0 aliphatic carbocycles. The number of ether oxygens (including phenoxy) is 1. The van der Waals surface area contributed by atoms with Gasteiger partial charge in [0.25, 0.3) is 0 Å². The Morgan fingerprint density at radius 1 is 1.28 bits per heavy atom. The van der Waals surface area contributed by atoms with Crippen LogP contribution in [0.15, 0.2) is 11.9 Å². The van der Waals surface area contributed by atoms with E-state index >= 15 is 0 Å². The van der Waals surface area contributed by atoms with Crippen LogP contribution in [0, 0.1) is 17.3 Å². The lowest BCUT2D eigenvalue weighted by Crippen LogP contribution is -2.46. The van der Waals surface area contributed by atoms with Crippen molar-refractivity contribution in [2.24, 2.45) is 17.3 Å². The summed E-state index contributed by atoms with van der Waals surface area (Å²) >= 11 is 0. The predicted octanol–water partition coefficient (Wildman–Crippen LogP) is 2.79. The van der Waals surface area contributed by atoms with Crippen LogP contribution in [0.3, 0.4) is 0 Å². The van der Waals surface area contributed by atoms with E-state index < -0.39 is 0 Å². The maximum Gasteiger partial charge on any atom is 0.225 e. The molecule has 142 valence electrons. The van der Waals surface area contributed by atoms with Gasteiger partial charge in [-0.3, -0.25) is 4.79 Å². The van der Waals surface area contributed by atoms with Crippen molar-refractivity contribution < 1.29 is 9.53 Å². The van der Waals surface area contributed by atoms with Crippen molar-refractivity contribution in [3.05, 3.63) is 11.9 Å². The summed E-state index contributed by atoms with van der Waals surface area (Å²) in [6.45, 7) is 10.1. The number of carbonyl (C=O) groups is 1. The molecule has 3 rings (SSSR count). The van der Waals surface area contributed by atoms with Crippen molar-refractivity contribution in [2.75, 3.05) is 33.4 Å². The SMILES string of the molecule is CN1C=C(C2CCCN(C(=O)C3CCOCC3)C2)NC1CC(C)(C)C. The summed E-state index contributed by atoms with van der Waals surface area (Å²) in [5.74, 6) is 0.977. The molecule has 3 aliphatic rings. The molecule has 0 aromatic heterocycles. The van der Waals surface area contributed by atoms with Gasteiger partial charge in [0.05, 0.1) is 6.17 Å². The number of nitrogens with zero attached hydrogens (tertiary/aromatic N) is 2. The Kier molecular flexibility index (Phi) is 5.62. The van der Waals surface area contributed by atoms with Gasteiger partial charge in [-0.15, -0.1) is 0 Å². The third-order valence-corrected chi connectivity index (χ3v) is 5.72. The first-order chi connectivity index (χ1) is 11.8. The van der Waals surface area contributed by atoms with Crippen molar-refractivity contribution in [3.8, 4) is 0 Å². The van der Waals surface area contributed by atoms with Gasteiger partial charge in [-0.25, -0.2) is 0 Å². The second-order valence-corrected chi connectivity index (χ2v) is 9.18. The maximum absolute atomic E-state index is 12.8. The number of carbonyl (C=O) groups excluding carboxylic acids is 1. The lowest BCUT2D eigenvalue weighted by Gasteiger charge is -2.36. The molecule has 2 unspecified atom stereocenters. The molecule has 0 bridgehead atoms. The quantitative estimate of drug-likeness (QED) is 0.851.